The summed E-state index contributed by atoms with van der Waals surface area (Å²) in [7, 11) is 0. The van der Waals surface area contributed by atoms with Crippen LogP contribution in [0.5, 0.6) is 0 Å². The molecule has 1 aromatic heterocycles. The van der Waals surface area contributed by atoms with E-state index in [4.69, 9.17) is 0 Å². The summed E-state index contributed by atoms with van der Waals surface area (Å²) < 4.78 is 0. The van der Waals surface area contributed by atoms with Gasteiger partial charge in [-0.15, -0.1) is 0 Å². The SMILES string of the molecule is CSc1nc2c(c(=O)[nH]1)CC(C)C2. The van der Waals surface area contributed by atoms with Crippen LogP contribution >= 0.6 is 11.8 Å². The Kier molecular flexibility index (Phi) is 2.15. The normalized spacial score (nSPS) is 20.3. The molecule has 0 spiro atoms. The molecule has 0 saturated heterocycles. The Morgan fingerprint density at radius 1 is 1.54 bits per heavy atom. The van der Waals surface area contributed by atoms with Crippen LogP contribution in [0.15, 0.2) is 9.95 Å². The average molecular weight is 196 g/mol. The molecule has 1 heterocycles. The van der Waals surface area contributed by atoms with Gasteiger partial charge < -0.3 is 4.98 Å². The summed E-state index contributed by atoms with van der Waals surface area (Å²) in [6, 6.07) is 0. The van der Waals surface area contributed by atoms with Crippen LogP contribution in [0.2, 0.25) is 0 Å². The van der Waals surface area contributed by atoms with Crippen LogP contribution < -0.4 is 5.56 Å². The van der Waals surface area contributed by atoms with Crippen molar-refractivity contribution in [2.75, 3.05) is 6.26 Å². The summed E-state index contributed by atoms with van der Waals surface area (Å²) in [5.74, 6) is 0.570. The molecule has 1 aromatic rings. The fraction of sp³-hybridized carbons (Fsp3) is 0.556. The van der Waals surface area contributed by atoms with Crippen molar-refractivity contribution in [3.63, 3.8) is 0 Å². The van der Waals surface area contributed by atoms with E-state index < -0.39 is 0 Å². The molecule has 0 radical (unpaired) electrons. The summed E-state index contributed by atoms with van der Waals surface area (Å²) in [6.45, 7) is 2.15. The minimum absolute atomic E-state index is 0.0544. The molecule has 0 amide bonds. The van der Waals surface area contributed by atoms with Crippen LogP contribution in [0, 0.1) is 5.92 Å². The topological polar surface area (TPSA) is 45.8 Å². The second kappa shape index (κ2) is 3.18. The number of aromatic nitrogens is 2. The van der Waals surface area contributed by atoms with Gasteiger partial charge in [-0.1, -0.05) is 18.7 Å². The lowest BCUT2D eigenvalue weighted by molar-refractivity contribution is 0.622. The summed E-state index contributed by atoms with van der Waals surface area (Å²) in [5.41, 5.74) is 1.95. The third-order valence-corrected chi connectivity index (χ3v) is 2.95. The van der Waals surface area contributed by atoms with Crippen molar-refractivity contribution in [3.05, 3.63) is 21.6 Å². The highest BCUT2D eigenvalue weighted by Crippen LogP contribution is 2.22. The van der Waals surface area contributed by atoms with Gasteiger partial charge in [-0.25, -0.2) is 4.98 Å². The molecule has 1 N–H and O–H groups in total. The Morgan fingerprint density at radius 2 is 2.31 bits per heavy atom. The van der Waals surface area contributed by atoms with E-state index in [1.165, 1.54) is 11.8 Å². The maximum atomic E-state index is 11.5. The molecule has 4 heteroatoms. The number of aromatic amines is 1. The van der Waals surface area contributed by atoms with Gasteiger partial charge in [0.1, 0.15) is 0 Å². The van der Waals surface area contributed by atoms with E-state index in [1.807, 2.05) is 6.26 Å². The summed E-state index contributed by atoms with van der Waals surface area (Å²) in [6.07, 6.45) is 3.75. The predicted molar refractivity (Wildman–Crippen MR) is 53.2 cm³/mol. The van der Waals surface area contributed by atoms with E-state index >= 15 is 0 Å². The van der Waals surface area contributed by atoms with E-state index in [0.717, 1.165) is 29.3 Å². The number of hydrogen-bond acceptors (Lipinski definition) is 3. The second-order valence-electron chi connectivity index (χ2n) is 3.51. The lowest BCUT2D eigenvalue weighted by Gasteiger charge is -1.99. The van der Waals surface area contributed by atoms with E-state index in [9.17, 15) is 4.79 Å². The monoisotopic (exact) mass is 196 g/mol. The van der Waals surface area contributed by atoms with E-state index in [2.05, 4.69) is 16.9 Å². The largest absolute Gasteiger partial charge is 0.301 e. The molecule has 0 fully saturated rings. The predicted octanol–water partition coefficient (Wildman–Crippen LogP) is 1.23. The number of H-pyrrole nitrogens is 1. The number of nitrogens with one attached hydrogen (secondary N) is 1. The average Bonchev–Trinajstić information content (AvgIpc) is 2.46. The number of nitrogens with zero attached hydrogens (tertiary/aromatic N) is 1. The van der Waals surface area contributed by atoms with Crippen LogP contribution in [-0.2, 0) is 12.8 Å². The van der Waals surface area contributed by atoms with Crippen molar-refractivity contribution < 1.29 is 0 Å². The lowest BCUT2D eigenvalue weighted by Crippen LogP contribution is -2.14. The van der Waals surface area contributed by atoms with E-state index in [-0.39, 0.29) is 5.56 Å². The highest BCUT2D eigenvalue weighted by molar-refractivity contribution is 7.98. The Balaban J connectivity index is 2.53. The van der Waals surface area contributed by atoms with Crippen molar-refractivity contribution in [3.8, 4) is 0 Å². The van der Waals surface area contributed by atoms with Crippen LogP contribution in [0.25, 0.3) is 0 Å². The summed E-state index contributed by atoms with van der Waals surface area (Å²) in [5, 5.41) is 0.734. The smallest absolute Gasteiger partial charge is 0.254 e. The van der Waals surface area contributed by atoms with Crippen molar-refractivity contribution in [1.29, 1.82) is 0 Å². The number of fused-ring (bicyclic) bond motifs is 1. The van der Waals surface area contributed by atoms with Crippen LogP contribution in [-0.4, -0.2) is 16.2 Å². The zero-order chi connectivity index (χ0) is 9.42. The van der Waals surface area contributed by atoms with Gasteiger partial charge in [0.05, 0.1) is 5.69 Å². The van der Waals surface area contributed by atoms with Gasteiger partial charge in [0.15, 0.2) is 5.16 Å². The van der Waals surface area contributed by atoms with Gasteiger partial charge in [0.2, 0.25) is 0 Å². The Labute approximate surface area is 81.0 Å². The molecule has 70 valence electrons. The maximum Gasteiger partial charge on any atom is 0.254 e. The van der Waals surface area contributed by atoms with Crippen molar-refractivity contribution in [1.82, 2.24) is 9.97 Å². The lowest BCUT2D eigenvalue weighted by atomic mass is 10.1. The third-order valence-electron chi connectivity index (χ3n) is 2.37. The molecule has 2 rings (SSSR count). The number of rotatable bonds is 1. The van der Waals surface area contributed by atoms with Crippen LogP contribution in [0.1, 0.15) is 18.2 Å². The molecule has 0 aliphatic heterocycles. The fourth-order valence-corrected chi connectivity index (χ4v) is 2.14. The molecule has 1 aliphatic rings. The van der Waals surface area contributed by atoms with E-state index in [0.29, 0.717) is 5.92 Å². The zero-order valence-corrected chi connectivity index (χ0v) is 8.57. The first kappa shape index (κ1) is 8.81. The third kappa shape index (κ3) is 1.50. The van der Waals surface area contributed by atoms with Crippen molar-refractivity contribution in [2.45, 2.75) is 24.9 Å². The maximum absolute atomic E-state index is 11.5. The van der Waals surface area contributed by atoms with E-state index in [1.54, 1.807) is 0 Å². The Hall–Kier alpha value is -0.770. The van der Waals surface area contributed by atoms with Gasteiger partial charge in [-0.05, 0) is 25.0 Å². The first-order valence-corrected chi connectivity index (χ1v) is 5.59. The van der Waals surface area contributed by atoms with Gasteiger partial charge in [0.25, 0.3) is 5.56 Å². The molecular formula is C9H12N2OS. The molecule has 0 aromatic carbocycles. The first-order valence-electron chi connectivity index (χ1n) is 4.36. The van der Waals surface area contributed by atoms with Crippen LogP contribution in [0.4, 0.5) is 0 Å². The van der Waals surface area contributed by atoms with Gasteiger partial charge >= 0.3 is 0 Å². The minimum Gasteiger partial charge on any atom is -0.301 e. The van der Waals surface area contributed by atoms with Crippen LogP contribution in [0.3, 0.4) is 0 Å². The molecule has 1 unspecified atom stereocenters. The fourth-order valence-electron chi connectivity index (χ4n) is 1.75. The Bertz CT molecular complexity index is 386. The van der Waals surface area contributed by atoms with Gasteiger partial charge in [0, 0.05) is 5.56 Å². The molecule has 0 saturated carbocycles. The molecule has 13 heavy (non-hydrogen) atoms. The molecule has 3 nitrogen and oxygen atoms in total. The first-order chi connectivity index (χ1) is 6.20. The quantitative estimate of drug-likeness (QED) is 0.542. The molecule has 0 bridgehead atoms. The highest BCUT2D eigenvalue weighted by Gasteiger charge is 2.22. The highest BCUT2D eigenvalue weighted by atomic mass is 32.2. The molecular weight excluding hydrogens is 184 g/mol. The van der Waals surface area contributed by atoms with Gasteiger partial charge in [-0.3, -0.25) is 4.79 Å². The number of thioether (sulfide) groups is 1. The molecule has 1 aliphatic carbocycles. The second-order valence-corrected chi connectivity index (χ2v) is 4.31. The van der Waals surface area contributed by atoms with Crippen molar-refractivity contribution in [2.24, 2.45) is 5.92 Å². The molecule has 1 atom stereocenters. The Morgan fingerprint density at radius 3 is 3.00 bits per heavy atom. The zero-order valence-electron chi connectivity index (χ0n) is 7.76. The number of hydrogen-bond donors (Lipinski definition) is 1. The van der Waals surface area contributed by atoms with Crippen molar-refractivity contribution >= 4 is 11.8 Å². The summed E-state index contributed by atoms with van der Waals surface area (Å²) >= 11 is 1.48. The standard InChI is InChI=1S/C9H12N2OS/c1-5-3-6-7(4-5)10-9(13-2)11-8(6)12/h5H,3-4H2,1-2H3,(H,10,11,12). The minimum atomic E-state index is 0.0544. The van der Waals surface area contributed by atoms with Gasteiger partial charge in [-0.2, -0.15) is 0 Å². The summed E-state index contributed by atoms with van der Waals surface area (Å²) in [4.78, 5) is 18.7.